The Labute approximate surface area is 219 Å². The summed E-state index contributed by atoms with van der Waals surface area (Å²) in [5.74, 6) is 0.777. The van der Waals surface area contributed by atoms with Crippen LogP contribution in [0.1, 0.15) is 54.7 Å². The first-order valence-electron chi connectivity index (χ1n) is 11.6. The number of allylic oxidation sites excluding steroid dienone is 2. The van der Waals surface area contributed by atoms with Gasteiger partial charge in [0.2, 0.25) is 0 Å². The Hall–Kier alpha value is -3.14. The number of rotatable bonds is 7. The molecule has 0 spiro atoms. The fourth-order valence-corrected chi connectivity index (χ4v) is 3.63. The largest absolute Gasteiger partial charge is 0.344 e. The van der Waals surface area contributed by atoms with E-state index >= 15 is 0 Å². The van der Waals surface area contributed by atoms with Crippen LogP contribution in [0.2, 0.25) is 10.0 Å². The Morgan fingerprint density at radius 3 is 2.09 bits per heavy atom. The average Bonchev–Trinajstić information content (AvgIpc) is 2.85. The summed E-state index contributed by atoms with van der Waals surface area (Å²) < 4.78 is 0. The molecule has 0 aliphatic rings. The Bertz CT molecular complexity index is 1190. The number of carbonyl (C=O) groups excluding carboxylic acids is 1. The number of Topliss-reactive ketones (excluding diaryl/α,β-unsaturated/α-hetero) is 1. The highest BCUT2D eigenvalue weighted by Gasteiger charge is 2.03. The van der Waals surface area contributed by atoms with E-state index < -0.39 is 0 Å². The molecule has 3 nitrogen and oxygen atoms in total. The number of nitrogens with one attached hydrogen (secondary N) is 1. The van der Waals surface area contributed by atoms with Gasteiger partial charge in [-0.15, -0.1) is 0 Å². The van der Waals surface area contributed by atoms with Gasteiger partial charge in [0.1, 0.15) is 5.84 Å². The molecule has 0 aliphatic heterocycles. The molecular weight excluding hydrogens is 475 g/mol. The topological polar surface area (TPSA) is 41.5 Å². The molecular formula is C30H32Cl2N2O. The number of anilines is 1. The summed E-state index contributed by atoms with van der Waals surface area (Å²) in [6.45, 7) is 11.4. The molecule has 35 heavy (non-hydrogen) atoms. The van der Waals surface area contributed by atoms with Gasteiger partial charge in [0, 0.05) is 26.9 Å². The minimum absolute atomic E-state index is 0.0471. The molecule has 0 amide bonds. The molecule has 0 saturated carbocycles. The monoisotopic (exact) mass is 506 g/mol. The van der Waals surface area contributed by atoms with E-state index in [0.717, 1.165) is 40.6 Å². The van der Waals surface area contributed by atoms with Crippen LogP contribution in [0.5, 0.6) is 0 Å². The molecule has 0 saturated heterocycles. The van der Waals surface area contributed by atoms with Crippen molar-refractivity contribution in [2.24, 2.45) is 4.99 Å². The third-order valence-corrected chi connectivity index (χ3v) is 5.84. The van der Waals surface area contributed by atoms with Crippen LogP contribution in [0, 0.1) is 0 Å². The van der Waals surface area contributed by atoms with Gasteiger partial charge in [-0.05, 0) is 86.4 Å². The lowest BCUT2D eigenvalue weighted by Gasteiger charge is -2.08. The summed E-state index contributed by atoms with van der Waals surface area (Å²) in [7, 11) is 0. The third kappa shape index (κ3) is 9.20. The van der Waals surface area contributed by atoms with Crippen molar-refractivity contribution in [2.45, 2.75) is 40.5 Å². The maximum absolute atomic E-state index is 11.3. The number of hydrogen-bond acceptors (Lipinski definition) is 2. The number of aryl methyl sites for hydroxylation is 2. The zero-order chi connectivity index (χ0) is 25.8. The predicted molar refractivity (Wildman–Crippen MR) is 153 cm³/mol. The van der Waals surface area contributed by atoms with E-state index in [0.29, 0.717) is 10.6 Å². The zero-order valence-corrected chi connectivity index (χ0v) is 22.3. The second-order valence-corrected chi connectivity index (χ2v) is 8.73. The minimum Gasteiger partial charge on any atom is -0.344 e. The van der Waals surface area contributed by atoms with E-state index in [4.69, 9.17) is 23.2 Å². The smallest absolute Gasteiger partial charge is 0.159 e. The van der Waals surface area contributed by atoms with Crippen molar-refractivity contribution in [3.8, 4) is 0 Å². The molecule has 0 aliphatic carbocycles. The summed E-state index contributed by atoms with van der Waals surface area (Å²) in [5, 5.41) is 4.79. The highest BCUT2D eigenvalue weighted by molar-refractivity contribution is 6.31. The van der Waals surface area contributed by atoms with Crippen LogP contribution in [0.3, 0.4) is 0 Å². The van der Waals surface area contributed by atoms with E-state index in [1.165, 1.54) is 11.1 Å². The molecule has 1 N–H and O–H groups in total. The van der Waals surface area contributed by atoms with Gasteiger partial charge in [-0.3, -0.25) is 4.79 Å². The van der Waals surface area contributed by atoms with Crippen molar-refractivity contribution in [3.63, 3.8) is 0 Å². The summed E-state index contributed by atoms with van der Waals surface area (Å²) in [6.07, 6.45) is 5.65. The summed E-state index contributed by atoms with van der Waals surface area (Å²) in [4.78, 5) is 15.9. The number of benzene rings is 3. The number of halogens is 2. The van der Waals surface area contributed by atoms with Gasteiger partial charge >= 0.3 is 0 Å². The van der Waals surface area contributed by atoms with Gasteiger partial charge in [0.25, 0.3) is 0 Å². The van der Waals surface area contributed by atoms with Crippen molar-refractivity contribution in [1.29, 1.82) is 0 Å². The van der Waals surface area contributed by atoms with Gasteiger partial charge < -0.3 is 5.32 Å². The predicted octanol–water partition coefficient (Wildman–Crippen LogP) is 9.06. The number of hydrogen-bond donors (Lipinski definition) is 1. The molecule has 0 bridgehead atoms. The van der Waals surface area contributed by atoms with E-state index in [2.05, 4.69) is 42.9 Å². The first-order valence-corrected chi connectivity index (χ1v) is 12.3. The van der Waals surface area contributed by atoms with Crippen LogP contribution in [0.4, 0.5) is 5.69 Å². The minimum atomic E-state index is 0.0471. The standard InChI is InChI=1S/C20H19ClN2O.C10H13Cl/c1-4-5-20(17-6-10-18(21)11-7-17)23-15(3)22-19-12-8-16(9-13-19)14(2)24;1-3-8-5-6-10(11)9(4-2)7-8/h4-13H,1H2,2-3H3,(H,22,23);5-7H,3-4H2,1-2H3/b20-5-;. The highest BCUT2D eigenvalue weighted by Crippen LogP contribution is 2.20. The van der Waals surface area contributed by atoms with Gasteiger partial charge in [-0.2, -0.15) is 0 Å². The Morgan fingerprint density at radius 2 is 1.54 bits per heavy atom. The van der Waals surface area contributed by atoms with Crippen LogP contribution < -0.4 is 5.32 Å². The van der Waals surface area contributed by atoms with Crippen molar-refractivity contribution in [1.82, 2.24) is 0 Å². The first-order chi connectivity index (χ1) is 16.8. The van der Waals surface area contributed by atoms with Crippen molar-refractivity contribution >= 4 is 46.2 Å². The van der Waals surface area contributed by atoms with Crippen molar-refractivity contribution < 1.29 is 4.79 Å². The average molecular weight is 508 g/mol. The Morgan fingerprint density at radius 1 is 0.914 bits per heavy atom. The lowest BCUT2D eigenvalue weighted by Crippen LogP contribution is -2.07. The highest BCUT2D eigenvalue weighted by atomic mass is 35.5. The first kappa shape index (κ1) is 28.1. The number of ketones is 1. The van der Waals surface area contributed by atoms with E-state index in [1.54, 1.807) is 25.1 Å². The van der Waals surface area contributed by atoms with E-state index in [9.17, 15) is 4.79 Å². The number of nitrogens with zero attached hydrogens (tertiary/aromatic N) is 1. The lowest BCUT2D eigenvalue weighted by atomic mass is 10.1. The van der Waals surface area contributed by atoms with E-state index in [1.807, 2.05) is 55.5 Å². The molecule has 0 unspecified atom stereocenters. The van der Waals surface area contributed by atoms with Crippen LogP contribution in [0.15, 0.2) is 90.5 Å². The molecule has 0 aromatic heterocycles. The number of carbonyl (C=O) groups is 1. The molecule has 0 atom stereocenters. The second kappa shape index (κ2) is 14.3. The third-order valence-electron chi connectivity index (χ3n) is 5.22. The fourth-order valence-electron chi connectivity index (χ4n) is 3.26. The SMILES string of the molecule is C=C/C=C(\N=C(C)Nc1ccc(C(C)=O)cc1)c1ccc(Cl)cc1.CCc1ccc(Cl)c(CC)c1. The molecule has 3 aromatic carbocycles. The van der Waals surface area contributed by atoms with Crippen LogP contribution in [-0.4, -0.2) is 11.6 Å². The van der Waals surface area contributed by atoms with Crippen LogP contribution in [-0.2, 0) is 12.8 Å². The maximum atomic E-state index is 11.3. The molecule has 0 heterocycles. The van der Waals surface area contributed by atoms with Crippen molar-refractivity contribution in [3.05, 3.63) is 118 Å². The van der Waals surface area contributed by atoms with Crippen LogP contribution >= 0.6 is 23.2 Å². The van der Waals surface area contributed by atoms with Gasteiger partial charge in [-0.1, -0.05) is 74.0 Å². The van der Waals surface area contributed by atoms with Crippen LogP contribution in [0.25, 0.3) is 5.70 Å². The molecule has 3 rings (SSSR count). The fraction of sp³-hybridized carbons (Fsp3) is 0.200. The Kier molecular flexibility index (Phi) is 11.5. The molecule has 3 aromatic rings. The number of aliphatic imine (C=N–C) groups is 1. The molecule has 0 fully saturated rings. The van der Waals surface area contributed by atoms with E-state index in [-0.39, 0.29) is 5.78 Å². The molecule has 5 heteroatoms. The quantitative estimate of drug-likeness (QED) is 0.150. The summed E-state index contributed by atoms with van der Waals surface area (Å²) >= 11 is 11.9. The second-order valence-electron chi connectivity index (χ2n) is 7.88. The maximum Gasteiger partial charge on any atom is 0.159 e. The lowest BCUT2D eigenvalue weighted by molar-refractivity contribution is 0.101. The Balaban J connectivity index is 0.000000328. The molecule has 182 valence electrons. The summed E-state index contributed by atoms with van der Waals surface area (Å²) in [6, 6.07) is 21.0. The van der Waals surface area contributed by atoms with Gasteiger partial charge in [0.05, 0.1) is 5.70 Å². The van der Waals surface area contributed by atoms with Gasteiger partial charge in [-0.25, -0.2) is 4.99 Å². The normalized spacial score (nSPS) is 11.4. The number of amidine groups is 1. The van der Waals surface area contributed by atoms with Crippen molar-refractivity contribution in [2.75, 3.05) is 5.32 Å². The molecule has 0 radical (unpaired) electrons. The zero-order valence-electron chi connectivity index (χ0n) is 20.7. The van der Waals surface area contributed by atoms with Gasteiger partial charge in [0.15, 0.2) is 5.78 Å². The summed E-state index contributed by atoms with van der Waals surface area (Å²) in [5.41, 5.74) is 5.91.